The van der Waals surface area contributed by atoms with Crippen LogP contribution in [-0.4, -0.2) is 29.0 Å². The quantitative estimate of drug-likeness (QED) is 0.322. The Labute approximate surface area is 172 Å². The number of hydrogen-bond donors (Lipinski definition) is 1. The van der Waals surface area contributed by atoms with Gasteiger partial charge in [0.1, 0.15) is 5.75 Å². The lowest BCUT2D eigenvalue weighted by atomic mass is 10.2. The van der Waals surface area contributed by atoms with Crippen LogP contribution in [0.3, 0.4) is 0 Å². The zero-order valence-electron chi connectivity index (χ0n) is 15.2. The summed E-state index contributed by atoms with van der Waals surface area (Å²) in [6.07, 6.45) is 7.36. The highest BCUT2D eigenvalue weighted by molar-refractivity contribution is 8.01. The van der Waals surface area contributed by atoms with E-state index in [4.69, 9.17) is 4.74 Å². The summed E-state index contributed by atoms with van der Waals surface area (Å²) in [5.74, 6) is 1.32. The summed E-state index contributed by atoms with van der Waals surface area (Å²) in [6.45, 7) is 0. The first-order valence-electron chi connectivity index (χ1n) is 8.54. The highest BCUT2D eigenvalue weighted by Gasteiger charge is 2.06. The molecule has 5 nitrogen and oxygen atoms in total. The molecule has 0 aliphatic rings. The number of amides is 1. The second-order valence-corrected chi connectivity index (χ2v) is 7.84. The summed E-state index contributed by atoms with van der Waals surface area (Å²) in [5, 5.41) is 11.3. The van der Waals surface area contributed by atoms with Gasteiger partial charge in [-0.05, 0) is 29.3 Å². The minimum absolute atomic E-state index is 0.243. The third kappa shape index (κ3) is 6.37. The maximum absolute atomic E-state index is 12.0. The van der Waals surface area contributed by atoms with Crippen LogP contribution in [0.25, 0.3) is 12.2 Å². The normalized spacial score (nSPS) is 11.2. The molecule has 0 aliphatic heterocycles. The van der Waals surface area contributed by atoms with Gasteiger partial charge in [-0.25, -0.2) is 0 Å². The van der Waals surface area contributed by atoms with Gasteiger partial charge >= 0.3 is 0 Å². The minimum Gasteiger partial charge on any atom is -0.497 e. The third-order valence-electron chi connectivity index (χ3n) is 3.59. The summed E-state index contributed by atoms with van der Waals surface area (Å²) in [4.78, 5) is 12.0. The molecule has 1 amide bonds. The van der Waals surface area contributed by atoms with E-state index >= 15 is 0 Å². The van der Waals surface area contributed by atoms with E-state index in [2.05, 4.69) is 39.8 Å². The van der Waals surface area contributed by atoms with Crippen LogP contribution in [0.2, 0.25) is 0 Å². The number of methoxy groups -OCH3 is 1. The number of ether oxygens (including phenoxy) is 1. The molecular formula is C21H19N3O2S2. The van der Waals surface area contributed by atoms with Crippen LogP contribution in [0.15, 0.2) is 71.1 Å². The van der Waals surface area contributed by atoms with Gasteiger partial charge in [0.25, 0.3) is 0 Å². The Hall–Kier alpha value is -2.90. The number of aromatic nitrogens is 2. The molecule has 0 atom stereocenters. The highest BCUT2D eigenvalue weighted by atomic mass is 32.2. The van der Waals surface area contributed by atoms with E-state index in [-0.39, 0.29) is 5.91 Å². The smallest absolute Gasteiger partial charge is 0.250 e. The first-order chi connectivity index (χ1) is 13.7. The van der Waals surface area contributed by atoms with Gasteiger partial charge in [-0.15, -0.1) is 10.2 Å². The van der Waals surface area contributed by atoms with Crippen molar-refractivity contribution >= 4 is 46.3 Å². The van der Waals surface area contributed by atoms with Crippen LogP contribution < -0.4 is 10.1 Å². The van der Waals surface area contributed by atoms with E-state index in [0.29, 0.717) is 5.13 Å². The second-order valence-electron chi connectivity index (χ2n) is 5.59. The van der Waals surface area contributed by atoms with Gasteiger partial charge in [0, 0.05) is 11.8 Å². The molecule has 0 bridgehead atoms. The van der Waals surface area contributed by atoms with Crippen LogP contribution in [-0.2, 0) is 4.79 Å². The Morgan fingerprint density at radius 1 is 1.07 bits per heavy atom. The van der Waals surface area contributed by atoms with Crippen LogP contribution >= 0.6 is 23.1 Å². The molecule has 1 N–H and O–H groups in total. The summed E-state index contributed by atoms with van der Waals surface area (Å²) in [5.41, 5.74) is 2.08. The van der Waals surface area contributed by atoms with Crippen LogP contribution in [0.5, 0.6) is 5.75 Å². The second kappa shape index (κ2) is 10.4. The van der Waals surface area contributed by atoms with Gasteiger partial charge in [-0.1, -0.05) is 77.7 Å². The molecule has 142 valence electrons. The molecule has 1 aromatic heterocycles. The molecule has 7 heteroatoms. The predicted molar refractivity (Wildman–Crippen MR) is 117 cm³/mol. The number of thioether (sulfide) groups is 1. The van der Waals surface area contributed by atoms with Gasteiger partial charge in [-0.2, -0.15) is 0 Å². The average molecular weight is 410 g/mol. The summed E-state index contributed by atoms with van der Waals surface area (Å²) >= 11 is 2.94. The molecule has 3 aromatic rings. The largest absolute Gasteiger partial charge is 0.497 e. The number of nitrogens with one attached hydrogen (secondary N) is 1. The van der Waals surface area contributed by atoms with Crippen molar-refractivity contribution in [1.29, 1.82) is 0 Å². The topological polar surface area (TPSA) is 64.1 Å². The van der Waals surface area contributed by atoms with Crippen LogP contribution in [0.1, 0.15) is 11.1 Å². The molecule has 1 heterocycles. The summed E-state index contributed by atoms with van der Waals surface area (Å²) < 4.78 is 5.92. The maximum Gasteiger partial charge on any atom is 0.250 e. The van der Waals surface area contributed by atoms with E-state index in [9.17, 15) is 4.79 Å². The summed E-state index contributed by atoms with van der Waals surface area (Å²) in [6, 6.07) is 17.6. The van der Waals surface area contributed by atoms with Crippen molar-refractivity contribution in [2.24, 2.45) is 0 Å². The number of carbonyl (C=O) groups excluding carboxylic acids is 1. The first kappa shape index (κ1) is 19.9. The van der Waals surface area contributed by atoms with E-state index in [1.165, 1.54) is 17.4 Å². The molecular weight excluding hydrogens is 390 g/mol. The lowest BCUT2D eigenvalue weighted by molar-refractivity contribution is -0.111. The van der Waals surface area contributed by atoms with Gasteiger partial charge in [0.2, 0.25) is 11.0 Å². The summed E-state index contributed by atoms with van der Waals surface area (Å²) in [7, 11) is 1.62. The van der Waals surface area contributed by atoms with Gasteiger partial charge in [-0.3, -0.25) is 10.1 Å². The van der Waals surface area contributed by atoms with Crippen LogP contribution in [0.4, 0.5) is 5.13 Å². The Kier molecular flexibility index (Phi) is 7.40. The van der Waals surface area contributed by atoms with Crippen molar-refractivity contribution in [3.8, 4) is 5.75 Å². The van der Waals surface area contributed by atoms with Gasteiger partial charge in [0.15, 0.2) is 4.34 Å². The number of carbonyl (C=O) groups is 1. The van der Waals surface area contributed by atoms with Crippen molar-refractivity contribution < 1.29 is 9.53 Å². The Morgan fingerprint density at radius 2 is 1.82 bits per heavy atom. The molecule has 28 heavy (non-hydrogen) atoms. The standard InChI is InChI=1S/C21H19N3O2S2/c1-26-18-12-9-17(10-13-18)11-14-19(25)22-20-23-24-21(28-20)27-15-5-8-16-6-3-2-4-7-16/h2-14H,15H2,1H3,(H,22,23,25)/b8-5+,14-11+. The molecule has 0 unspecified atom stereocenters. The van der Waals surface area contributed by atoms with Crippen LogP contribution in [0, 0.1) is 0 Å². The van der Waals surface area contributed by atoms with E-state index in [1.54, 1.807) is 24.9 Å². The first-order valence-corrected chi connectivity index (χ1v) is 10.3. The Balaban J connectivity index is 1.46. The molecule has 0 fully saturated rings. The predicted octanol–water partition coefficient (Wildman–Crippen LogP) is 5.00. The van der Waals surface area contributed by atoms with Gasteiger partial charge in [0.05, 0.1) is 7.11 Å². The number of benzene rings is 2. The maximum atomic E-state index is 12.0. The van der Waals surface area contributed by atoms with Crippen molar-refractivity contribution in [1.82, 2.24) is 10.2 Å². The Bertz CT molecular complexity index is 951. The zero-order chi connectivity index (χ0) is 19.6. The van der Waals surface area contributed by atoms with Crippen molar-refractivity contribution in [3.05, 3.63) is 77.9 Å². The fourth-order valence-corrected chi connectivity index (χ4v) is 3.81. The molecule has 0 aliphatic carbocycles. The SMILES string of the molecule is COc1ccc(/C=C/C(=O)Nc2nnc(SC/C=C/c3ccccc3)s2)cc1. The highest BCUT2D eigenvalue weighted by Crippen LogP contribution is 2.25. The molecule has 0 saturated heterocycles. The number of hydrogen-bond acceptors (Lipinski definition) is 6. The van der Waals surface area contributed by atoms with Crippen molar-refractivity contribution in [2.75, 3.05) is 18.2 Å². The van der Waals surface area contributed by atoms with Gasteiger partial charge < -0.3 is 4.74 Å². The monoisotopic (exact) mass is 409 g/mol. The average Bonchev–Trinajstić information content (AvgIpc) is 3.18. The van der Waals surface area contributed by atoms with E-state index in [0.717, 1.165) is 27.0 Å². The molecule has 0 radical (unpaired) electrons. The number of nitrogens with zero attached hydrogens (tertiary/aromatic N) is 2. The molecule has 3 rings (SSSR count). The Morgan fingerprint density at radius 3 is 2.57 bits per heavy atom. The fourth-order valence-electron chi connectivity index (χ4n) is 2.22. The zero-order valence-corrected chi connectivity index (χ0v) is 16.9. The lowest BCUT2D eigenvalue weighted by Crippen LogP contribution is -2.07. The lowest BCUT2D eigenvalue weighted by Gasteiger charge is -1.99. The third-order valence-corrected chi connectivity index (χ3v) is 5.52. The molecule has 0 saturated carbocycles. The van der Waals surface area contributed by atoms with Crippen molar-refractivity contribution in [3.63, 3.8) is 0 Å². The number of rotatable bonds is 8. The number of anilines is 1. The molecule has 2 aromatic carbocycles. The molecule has 0 spiro atoms. The van der Waals surface area contributed by atoms with E-state index in [1.807, 2.05) is 42.5 Å². The van der Waals surface area contributed by atoms with Crippen molar-refractivity contribution in [2.45, 2.75) is 4.34 Å². The fraction of sp³-hybridized carbons (Fsp3) is 0.0952. The minimum atomic E-state index is -0.243. The van der Waals surface area contributed by atoms with E-state index < -0.39 is 0 Å².